The summed E-state index contributed by atoms with van der Waals surface area (Å²) in [4.78, 5) is 36.0. The maximum atomic E-state index is 13.8. The van der Waals surface area contributed by atoms with Gasteiger partial charge in [0, 0.05) is 12.7 Å². The number of hydrogen-bond acceptors (Lipinski definition) is 10. The maximum Gasteiger partial charge on any atom is 0.281 e. The topological polar surface area (TPSA) is 116 Å². The van der Waals surface area contributed by atoms with E-state index in [0.717, 1.165) is 31.6 Å². The van der Waals surface area contributed by atoms with Crippen LogP contribution in [0.1, 0.15) is 5.69 Å². The number of anilines is 1. The SMILES string of the molecule is COc1ccc(N=Nc2sc(NC(=O)CSc3nc4ccccc4s3)nc2-c2c(C)n(C)n(-c3ccccc3)c2=O)cc1. The molecule has 0 atom stereocenters. The average molecular weight is 628 g/mol. The van der Waals surface area contributed by atoms with Gasteiger partial charge >= 0.3 is 0 Å². The summed E-state index contributed by atoms with van der Waals surface area (Å²) in [5, 5.41) is 12.4. The molecule has 0 spiro atoms. The van der Waals surface area contributed by atoms with Crippen LogP contribution in [0.2, 0.25) is 0 Å². The third-order valence-electron chi connectivity index (χ3n) is 6.58. The Balaban J connectivity index is 1.32. The molecule has 43 heavy (non-hydrogen) atoms. The van der Waals surface area contributed by atoms with Crippen molar-refractivity contribution >= 4 is 66.4 Å². The number of methoxy groups -OCH3 is 1. The lowest BCUT2D eigenvalue weighted by atomic mass is 10.2. The Morgan fingerprint density at radius 3 is 2.47 bits per heavy atom. The van der Waals surface area contributed by atoms with E-state index in [4.69, 9.17) is 4.74 Å². The number of rotatable bonds is 9. The first-order chi connectivity index (χ1) is 20.9. The summed E-state index contributed by atoms with van der Waals surface area (Å²) in [6.07, 6.45) is 0. The number of carbonyl (C=O) groups excluding carboxylic acids is 1. The van der Waals surface area contributed by atoms with Crippen molar-refractivity contribution in [3.05, 3.63) is 94.9 Å². The number of fused-ring (bicyclic) bond motifs is 1. The van der Waals surface area contributed by atoms with Crippen LogP contribution in [0.15, 0.2) is 98.2 Å². The Bertz CT molecular complexity index is 1980. The highest BCUT2D eigenvalue weighted by molar-refractivity contribution is 8.01. The van der Waals surface area contributed by atoms with E-state index in [0.29, 0.717) is 38.5 Å². The molecular weight excluding hydrogens is 603 g/mol. The van der Waals surface area contributed by atoms with E-state index in [9.17, 15) is 9.59 Å². The number of thiazole rings is 2. The fourth-order valence-corrected chi connectivity index (χ4v) is 7.06. The van der Waals surface area contributed by atoms with E-state index < -0.39 is 0 Å². The van der Waals surface area contributed by atoms with Gasteiger partial charge in [0.15, 0.2) is 14.5 Å². The van der Waals surface area contributed by atoms with Crippen LogP contribution in [0.3, 0.4) is 0 Å². The Kier molecular flexibility index (Phi) is 8.18. The average Bonchev–Trinajstić information content (AvgIpc) is 3.69. The highest BCUT2D eigenvalue weighted by Gasteiger charge is 2.24. The summed E-state index contributed by atoms with van der Waals surface area (Å²) in [6.45, 7) is 1.85. The van der Waals surface area contributed by atoms with Gasteiger partial charge in [-0.05, 0) is 55.5 Å². The monoisotopic (exact) mass is 627 g/mol. The van der Waals surface area contributed by atoms with E-state index in [1.807, 2.05) is 68.6 Å². The van der Waals surface area contributed by atoms with Crippen molar-refractivity contribution in [2.24, 2.45) is 17.3 Å². The number of nitrogens with zero attached hydrogens (tertiary/aromatic N) is 6. The molecule has 3 aromatic heterocycles. The lowest BCUT2D eigenvalue weighted by molar-refractivity contribution is -0.113. The van der Waals surface area contributed by atoms with Crippen molar-refractivity contribution in [2.75, 3.05) is 18.2 Å². The summed E-state index contributed by atoms with van der Waals surface area (Å²) in [5.41, 5.74) is 3.42. The highest BCUT2D eigenvalue weighted by Crippen LogP contribution is 2.40. The second-order valence-corrected chi connectivity index (χ2v) is 12.5. The Hall–Kier alpha value is -4.59. The van der Waals surface area contributed by atoms with Gasteiger partial charge in [0.05, 0.1) is 40.0 Å². The zero-order valence-electron chi connectivity index (χ0n) is 23.3. The van der Waals surface area contributed by atoms with Crippen LogP contribution in [-0.2, 0) is 11.8 Å². The first kappa shape index (κ1) is 28.5. The van der Waals surface area contributed by atoms with Gasteiger partial charge in [-0.1, -0.05) is 53.4 Å². The Morgan fingerprint density at radius 1 is 0.977 bits per heavy atom. The molecule has 6 aromatic rings. The van der Waals surface area contributed by atoms with Crippen molar-refractivity contribution in [1.82, 2.24) is 19.3 Å². The van der Waals surface area contributed by atoms with Crippen LogP contribution >= 0.6 is 34.4 Å². The molecule has 216 valence electrons. The number of carbonyl (C=O) groups is 1. The normalized spacial score (nSPS) is 11.4. The Morgan fingerprint density at radius 2 is 1.72 bits per heavy atom. The van der Waals surface area contributed by atoms with Gasteiger partial charge in [0.25, 0.3) is 5.56 Å². The molecule has 0 aliphatic heterocycles. The molecule has 0 aliphatic carbocycles. The first-order valence-corrected chi connectivity index (χ1v) is 15.7. The smallest absolute Gasteiger partial charge is 0.281 e. The standard InChI is InChI=1S/C30H25N7O3S3/c1-18-25(28(39)37(36(18)2)20-9-5-4-6-10-20)26-27(35-34-19-13-15-21(40-3)16-14-19)43-29(33-26)32-24(38)17-41-30-31-22-11-7-8-12-23(22)42-30/h4-16H,17H2,1-3H3,(H,32,33,38). The quantitative estimate of drug-likeness (QED) is 0.132. The van der Waals surface area contributed by atoms with Crippen LogP contribution < -0.4 is 15.6 Å². The predicted molar refractivity (Wildman–Crippen MR) is 173 cm³/mol. The number of hydrogen-bond donors (Lipinski definition) is 1. The van der Waals surface area contributed by atoms with Gasteiger partial charge in [-0.2, -0.15) is 0 Å². The number of nitrogens with one attached hydrogen (secondary N) is 1. The van der Waals surface area contributed by atoms with Crippen LogP contribution in [0.4, 0.5) is 15.8 Å². The predicted octanol–water partition coefficient (Wildman–Crippen LogP) is 7.37. The highest BCUT2D eigenvalue weighted by atomic mass is 32.2. The largest absolute Gasteiger partial charge is 0.497 e. The zero-order valence-corrected chi connectivity index (χ0v) is 25.8. The molecule has 0 bridgehead atoms. The summed E-state index contributed by atoms with van der Waals surface area (Å²) in [7, 11) is 3.41. The number of aromatic nitrogens is 4. The van der Waals surface area contributed by atoms with Gasteiger partial charge < -0.3 is 10.1 Å². The molecule has 0 aliphatic rings. The molecule has 1 N–H and O–H groups in total. The first-order valence-electron chi connectivity index (χ1n) is 13.1. The van der Waals surface area contributed by atoms with Crippen molar-refractivity contribution in [2.45, 2.75) is 11.3 Å². The molecule has 0 unspecified atom stereocenters. The van der Waals surface area contributed by atoms with Gasteiger partial charge in [-0.15, -0.1) is 21.6 Å². The molecule has 10 nitrogen and oxygen atoms in total. The van der Waals surface area contributed by atoms with Crippen molar-refractivity contribution in [3.63, 3.8) is 0 Å². The van der Waals surface area contributed by atoms with Crippen molar-refractivity contribution < 1.29 is 9.53 Å². The molecule has 0 saturated heterocycles. The minimum Gasteiger partial charge on any atom is -0.497 e. The molecule has 0 saturated carbocycles. The van der Waals surface area contributed by atoms with Gasteiger partial charge in [0.1, 0.15) is 11.4 Å². The van der Waals surface area contributed by atoms with Gasteiger partial charge in [-0.3, -0.25) is 14.3 Å². The lowest BCUT2D eigenvalue weighted by Gasteiger charge is -2.07. The zero-order chi connectivity index (χ0) is 29.9. The third kappa shape index (κ3) is 6.00. The molecule has 13 heteroatoms. The summed E-state index contributed by atoms with van der Waals surface area (Å²) in [6, 6.07) is 24.4. The number of azo groups is 1. The fourth-order valence-electron chi connectivity index (χ4n) is 4.38. The summed E-state index contributed by atoms with van der Waals surface area (Å²) in [5.74, 6) is 0.616. The van der Waals surface area contributed by atoms with E-state index in [-0.39, 0.29) is 17.2 Å². The number of para-hydroxylation sites is 2. The summed E-state index contributed by atoms with van der Waals surface area (Å²) >= 11 is 4.06. The molecule has 1 amide bonds. The minimum absolute atomic E-state index is 0.155. The van der Waals surface area contributed by atoms with E-state index in [1.54, 1.807) is 52.1 Å². The molecule has 6 rings (SSSR count). The minimum atomic E-state index is -0.248. The van der Waals surface area contributed by atoms with E-state index in [2.05, 4.69) is 25.5 Å². The Labute approximate surface area is 258 Å². The number of thioether (sulfide) groups is 1. The molecule has 0 radical (unpaired) electrons. The second-order valence-electron chi connectivity index (χ2n) is 9.29. The van der Waals surface area contributed by atoms with E-state index >= 15 is 0 Å². The van der Waals surface area contributed by atoms with Crippen LogP contribution in [-0.4, -0.2) is 38.1 Å². The van der Waals surface area contributed by atoms with Crippen LogP contribution in [0.5, 0.6) is 5.75 Å². The molecular formula is C30H25N7O3S3. The van der Waals surface area contributed by atoms with Gasteiger partial charge in [-0.25, -0.2) is 14.6 Å². The van der Waals surface area contributed by atoms with Crippen molar-refractivity contribution in [1.29, 1.82) is 0 Å². The van der Waals surface area contributed by atoms with Gasteiger partial charge in [0.2, 0.25) is 5.91 Å². The number of amides is 1. The third-order valence-corrected chi connectivity index (χ3v) is 9.61. The lowest BCUT2D eigenvalue weighted by Crippen LogP contribution is -2.20. The summed E-state index contributed by atoms with van der Waals surface area (Å²) < 4.78 is 10.5. The molecule has 0 fully saturated rings. The molecule has 3 aromatic carbocycles. The van der Waals surface area contributed by atoms with E-state index in [1.165, 1.54) is 11.8 Å². The van der Waals surface area contributed by atoms with Crippen LogP contribution in [0, 0.1) is 6.92 Å². The number of ether oxygens (including phenoxy) is 1. The van der Waals surface area contributed by atoms with Crippen LogP contribution in [0.25, 0.3) is 27.2 Å². The second kappa shape index (κ2) is 12.3. The molecule has 3 heterocycles. The fraction of sp³-hybridized carbons (Fsp3) is 0.133. The maximum absolute atomic E-state index is 13.8. The van der Waals surface area contributed by atoms with Crippen molar-refractivity contribution in [3.8, 4) is 22.7 Å². The number of benzene rings is 3.